The van der Waals surface area contributed by atoms with Crippen LogP contribution in [0.4, 0.5) is 5.69 Å². The number of halogens is 1. The van der Waals surface area contributed by atoms with Crippen LogP contribution >= 0.6 is 11.6 Å². The Hall–Kier alpha value is -1.62. The predicted octanol–water partition coefficient (Wildman–Crippen LogP) is 2.86. The molecule has 102 valence electrons. The van der Waals surface area contributed by atoms with Crippen LogP contribution in [0.15, 0.2) is 18.2 Å². The van der Waals surface area contributed by atoms with E-state index in [0.717, 1.165) is 6.42 Å². The average molecular weight is 283 g/mol. The summed E-state index contributed by atoms with van der Waals surface area (Å²) in [6.45, 7) is 2.33. The van der Waals surface area contributed by atoms with Crippen LogP contribution in [0.25, 0.3) is 0 Å². The molecule has 1 aromatic carbocycles. The molecule has 19 heavy (non-hydrogen) atoms. The van der Waals surface area contributed by atoms with Crippen molar-refractivity contribution in [2.24, 2.45) is 11.8 Å². The van der Waals surface area contributed by atoms with Crippen molar-refractivity contribution in [1.29, 1.82) is 0 Å². The number of nitro groups is 1. The van der Waals surface area contributed by atoms with Crippen molar-refractivity contribution in [2.75, 3.05) is 7.05 Å². The second kappa shape index (κ2) is 5.17. The molecule has 1 aliphatic carbocycles. The molecule has 0 saturated heterocycles. The van der Waals surface area contributed by atoms with Crippen LogP contribution in [-0.4, -0.2) is 22.8 Å². The minimum absolute atomic E-state index is 0.0139. The SMILES string of the molecule is CC1CC1C(=O)N(C)Cc1cc([N+](=O)[O-])ccc1Cl. The highest BCUT2D eigenvalue weighted by atomic mass is 35.5. The summed E-state index contributed by atoms with van der Waals surface area (Å²) < 4.78 is 0. The lowest BCUT2D eigenvalue weighted by Crippen LogP contribution is -2.28. The van der Waals surface area contributed by atoms with Crippen molar-refractivity contribution >= 4 is 23.2 Å². The van der Waals surface area contributed by atoms with Crippen LogP contribution in [0.2, 0.25) is 5.02 Å². The van der Waals surface area contributed by atoms with E-state index in [9.17, 15) is 14.9 Å². The summed E-state index contributed by atoms with van der Waals surface area (Å²) in [6, 6.07) is 4.27. The Balaban J connectivity index is 2.11. The summed E-state index contributed by atoms with van der Waals surface area (Å²) >= 11 is 6.01. The molecule has 2 rings (SSSR count). The Labute approximate surface area is 116 Å². The van der Waals surface area contributed by atoms with E-state index < -0.39 is 4.92 Å². The summed E-state index contributed by atoms with van der Waals surface area (Å²) in [5.41, 5.74) is 0.583. The fourth-order valence-electron chi connectivity index (χ4n) is 2.08. The fraction of sp³-hybridized carbons (Fsp3) is 0.462. The number of carbonyl (C=O) groups is 1. The topological polar surface area (TPSA) is 63.5 Å². The van der Waals surface area contributed by atoms with E-state index >= 15 is 0 Å². The van der Waals surface area contributed by atoms with E-state index in [-0.39, 0.29) is 17.5 Å². The molecule has 1 aliphatic rings. The Morgan fingerprint density at radius 1 is 1.58 bits per heavy atom. The third-order valence-electron chi connectivity index (χ3n) is 3.45. The van der Waals surface area contributed by atoms with Crippen LogP contribution in [0.3, 0.4) is 0 Å². The molecule has 1 aromatic rings. The van der Waals surface area contributed by atoms with Crippen LogP contribution in [0.1, 0.15) is 18.9 Å². The number of benzene rings is 1. The van der Waals surface area contributed by atoms with Gasteiger partial charge in [-0.2, -0.15) is 0 Å². The van der Waals surface area contributed by atoms with Gasteiger partial charge in [-0.05, 0) is 24.0 Å². The molecule has 0 aliphatic heterocycles. The van der Waals surface area contributed by atoms with Crippen LogP contribution in [0, 0.1) is 22.0 Å². The van der Waals surface area contributed by atoms with Crippen molar-refractivity contribution in [3.8, 4) is 0 Å². The number of hydrogen-bond acceptors (Lipinski definition) is 3. The maximum absolute atomic E-state index is 12.0. The van der Waals surface area contributed by atoms with Gasteiger partial charge in [0.25, 0.3) is 5.69 Å². The highest BCUT2D eigenvalue weighted by Crippen LogP contribution is 2.39. The first-order chi connectivity index (χ1) is 8.90. The summed E-state index contributed by atoms with van der Waals surface area (Å²) in [4.78, 5) is 23.8. The number of non-ortho nitro benzene ring substituents is 1. The molecule has 5 nitrogen and oxygen atoms in total. The van der Waals surface area contributed by atoms with Gasteiger partial charge in [0.05, 0.1) is 4.92 Å². The molecular formula is C13H15ClN2O3. The third kappa shape index (κ3) is 3.04. The molecule has 1 saturated carbocycles. The molecule has 0 aromatic heterocycles. The molecule has 1 fully saturated rings. The van der Waals surface area contributed by atoms with Crippen molar-refractivity contribution in [2.45, 2.75) is 19.9 Å². The maximum atomic E-state index is 12.0. The van der Waals surface area contributed by atoms with E-state index in [1.807, 2.05) is 6.92 Å². The third-order valence-corrected chi connectivity index (χ3v) is 3.82. The number of amides is 1. The smallest absolute Gasteiger partial charge is 0.269 e. The van der Waals surface area contributed by atoms with E-state index in [1.54, 1.807) is 11.9 Å². The quantitative estimate of drug-likeness (QED) is 0.630. The minimum Gasteiger partial charge on any atom is -0.341 e. The van der Waals surface area contributed by atoms with Crippen LogP contribution in [-0.2, 0) is 11.3 Å². The van der Waals surface area contributed by atoms with Crippen molar-refractivity contribution in [3.05, 3.63) is 38.9 Å². The summed E-state index contributed by atoms with van der Waals surface area (Å²) in [7, 11) is 1.70. The minimum atomic E-state index is -0.468. The van der Waals surface area contributed by atoms with Crippen LogP contribution in [0.5, 0.6) is 0 Å². The Morgan fingerprint density at radius 3 is 2.74 bits per heavy atom. The van der Waals surface area contributed by atoms with Crippen molar-refractivity contribution in [1.82, 2.24) is 4.90 Å². The summed E-state index contributed by atoms with van der Waals surface area (Å²) in [6.07, 6.45) is 0.922. The van der Waals surface area contributed by atoms with Gasteiger partial charge in [0.15, 0.2) is 0 Å². The monoisotopic (exact) mass is 282 g/mol. The van der Waals surface area contributed by atoms with Crippen molar-refractivity contribution < 1.29 is 9.72 Å². The second-order valence-corrected chi connectivity index (χ2v) is 5.45. The lowest BCUT2D eigenvalue weighted by molar-refractivity contribution is -0.384. The number of hydrogen-bond donors (Lipinski definition) is 0. The zero-order chi connectivity index (χ0) is 14.2. The Bertz CT molecular complexity index is 533. The Morgan fingerprint density at radius 2 is 2.21 bits per heavy atom. The normalized spacial score (nSPS) is 21.0. The zero-order valence-corrected chi connectivity index (χ0v) is 11.6. The van der Waals surface area contributed by atoms with Gasteiger partial charge in [0, 0.05) is 36.7 Å². The van der Waals surface area contributed by atoms with Gasteiger partial charge < -0.3 is 4.90 Å². The lowest BCUT2D eigenvalue weighted by Gasteiger charge is -2.18. The maximum Gasteiger partial charge on any atom is 0.269 e. The zero-order valence-electron chi connectivity index (χ0n) is 10.8. The predicted molar refractivity (Wildman–Crippen MR) is 71.9 cm³/mol. The van der Waals surface area contributed by atoms with Gasteiger partial charge in [0.1, 0.15) is 0 Å². The van der Waals surface area contributed by atoms with Gasteiger partial charge in [-0.3, -0.25) is 14.9 Å². The van der Waals surface area contributed by atoms with Gasteiger partial charge in [-0.15, -0.1) is 0 Å². The molecule has 1 amide bonds. The van der Waals surface area contributed by atoms with Crippen molar-refractivity contribution in [3.63, 3.8) is 0 Å². The molecule has 0 spiro atoms. The molecule has 2 atom stereocenters. The summed E-state index contributed by atoms with van der Waals surface area (Å²) in [5, 5.41) is 11.2. The first-order valence-electron chi connectivity index (χ1n) is 6.08. The summed E-state index contributed by atoms with van der Waals surface area (Å²) in [5.74, 6) is 0.619. The molecule has 0 radical (unpaired) electrons. The van der Waals surface area contributed by atoms with Crippen LogP contribution < -0.4 is 0 Å². The molecule has 6 heteroatoms. The standard InChI is InChI=1S/C13H15ClN2O3/c1-8-5-11(8)13(17)15(2)7-9-6-10(16(18)19)3-4-12(9)14/h3-4,6,8,11H,5,7H2,1-2H3. The molecule has 0 bridgehead atoms. The average Bonchev–Trinajstić information content (AvgIpc) is 3.07. The van der Waals surface area contributed by atoms with Gasteiger partial charge >= 0.3 is 0 Å². The number of nitro benzene ring substituents is 1. The number of rotatable bonds is 4. The highest BCUT2D eigenvalue weighted by Gasteiger charge is 2.40. The molecule has 2 unspecified atom stereocenters. The number of nitrogens with zero attached hydrogens (tertiary/aromatic N) is 2. The molecular weight excluding hydrogens is 268 g/mol. The Kier molecular flexibility index (Phi) is 3.75. The molecule has 0 heterocycles. The number of carbonyl (C=O) groups excluding carboxylic acids is 1. The van der Waals surface area contributed by atoms with E-state index in [1.165, 1.54) is 18.2 Å². The first-order valence-corrected chi connectivity index (χ1v) is 6.45. The van der Waals surface area contributed by atoms with Gasteiger partial charge in [-0.1, -0.05) is 18.5 Å². The van der Waals surface area contributed by atoms with Gasteiger partial charge in [-0.25, -0.2) is 0 Å². The fourth-order valence-corrected chi connectivity index (χ4v) is 2.26. The largest absolute Gasteiger partial charge is 0.341 e. The van der Waals surface area contributed by atoms with E-state index in [0.29, 0.717) is 23.0 Å². The van der Waals surface area contributed by atoms with E-state index in [4.69, 9.17) is 11.6 Å². The highest BCUT2D eigenvalue weighted by molar-refractivity contribution is 6.31. The van der Waals surface area contributed by atoms with E-state index in [2.05, 4.69) is 0 Å². The second-order valence-electron chi connectivity index (χ2n) is 5.05. The first kappa shape index (κ1) is 13.8. The van der Waals surface area contributed by atoms with Gasteiger partial charge in [0.2, 0.25) is 5.91 Å². The lowest BCUT2D eigenvalue weighted by atomic mass is 10.2. The molecule has 0 N–H and O–H groups in total.